The van der Waals surface area contributed by atoms with E-state index in [9.17, 15) is 4.79 Å². The van der Waals surface area contributed by atoms with Gasteiger partial charge in [-0.3, -0.25) is 0 Å². The highest BCUT2D eigenvalue weighted by atomic mass is 35.5. The molecule has 13 heavy (non-hydrogen) atoms. The number of carboxylic acids is 1. The first-order valence-corrected chi connectivity index (χ1v) is 4.51. The Labute approximate surface area is 83.6 Å². The van der Waals surface area contributed by atoms with Crippen LogP contribution in [0.4, 0.5) is 0 Å². The van der Waals surface area contributed by atoms with Gasteiger partial charge in [0.05, 0.1) is 0 Å². The maximum absolute atomic E-state index is 9.61. The van der Waals surface area contributed by atoms with Gasteiger partial charge in [-0.25, -0.2) is 4.79 Å². The third-order valence-electron chi connectivity index (χ3n) is 1.13. The summed E-state index contributed by atoms with van der Waals surface area (Å²) in [6.45, 7) is 5.09. The van der Waals surface area contributed by atoms with E-state index in [1.54, 1.807) is 0 Å². The zero-order valence-electron chi connectivity index (χ0n) is 7.72. The van der Waals surface area contributed by atoms with Crippen molar-refractivity contribution in [2.75, 3.05) is 5.88 Å². The number of carboxylic acid groups (broad SMARTS) is 1. The van der Waals surface area contributed by atoms with Crippen LogP contribution in [0.3, 0.4) is 0 Å². The highest BCUT2D eigenvalue weighted by molar-refractivity contribution is 6.17. The van der Waals surface area contributed by atoms with E-state index in [0.29, 0.717) is 0 Å². The fourth-order valence-electron chi connectivity index (χ4n) is 0.392. The molecule has 0 saturated carbocycles. The van der Waals surface area contributed by atoms with E-state index in [0.717, 1.165) is 5.88 Å². The number of halogens is 1. The average molecular weight is 204 g/mol. The topological polar surface area (TPSA) is 61.1 Å². The molecule has 1 N–H and O–H groups in total. The van der Waals surface area contributed by atoms with Gasteiger partial charge in [-0.05, 0) is 6.42 Å². The lowest BCUT2D eigenvalue weighted by Crippen LogP contribution is -1.94. The zero-order valence-corrected chi connectivity index (χ0v) is 8.47. The molecule has 0 saturated heterocycles. The highest BCUT2D eigenvalue weighted by Crippen LogP contribution is 1.93. The first-order valence-electron chi connectivity index (χ1n) is 3.98. The molecule has 0 spiro atoms. The van der Waals surface area contributed by atoms with Gasteiger partial charge in [0.1, 0.15) is 11.6 Å². The van der Waals surface area contributed by atoms with Gasteiger partial charge in [-0.1, -0.05) is 26.3 Å². The van der Waals surface area contributed by atoms with E-state index < -0.39 is 11.5 Å². The third kappa shape index (κ3) is 13.9. The van der Waals surface area contributed by atoms with Gasteiger partial charge < -0.3 is 5.11 Å². The molecule has 0 bridgehead atoms. The maximum atomic E-state index is 9.61. The highest BCUT2D eigenvalue weighted by Gasteiger charge is 1.97. The second kappa shape index (κ2) is 11.0. The largest absolute Gasteiger partial charge is 0.477 e. The standard InChI is InChI=1S/C5H11Cl.C4H3NO2/c1-2-3-4-5-6;1-3(2-5)4(6)7/h2-5H2,1H3;1H2,(H,6,7). The molecule has 0 atom stereocenters. The normalized spacial score (nSPS) is 7.77. The molecule has 0 fully saturated rings. The van der Waals surface area contributed by atoms with Crippen molar-refractivity contribution in [2.45, 2.75) is 26.2 Å². The Morgan fingerprint density at radius 3 is 2.23 bits per heavy atom. The summed E-state index contributed by atoms with van der Waals surface area (Å²) in [7, 11) is 0. The second-order valence-corrected chi connectivity index (χ2v) is 2.67. The van der Waals surface area contributed by atoms with Crippen LogP contribution in [0.1, 0.15) is 26.2 Å². The van der Waals surface area contributed by atoms with Crippen LogP contribution in [0.5, 0.6) is 0 Å². The lowest BCUT2D eigenvalue weighted by Gasteiger charge is -1.84. The molecular weight excluding hydrogens is 190 g/mol. The predicted molar refractivity (Wildman–Crippen MR) is 52.6 cm³/mol. The molecule has 3 nitrogen and oxygen atoms in total. The molecular formula is C9H14ClNO2. The van der Waals surface area contributed by atoms with Crippen molar-refractivity contribution < 1.29 is 9.90 Å². The zero-order chi connectivity index (χ0) is 10.7. The Hall–Kier alpha value is -1.01. The van der Waals surface area contributed by atoms with E-state index in [1.165, 1.54) is 25.3 Å². The van der Waals surface area contributed by atoms with Crippen LogP contribution in [0.25, 0.3) is 0 Å². The molecule has 0 radical (unpaired) electrons. The van der Waals surface area contributed by atoms with Gasteiger partial charge in [-0.2, -0.15) is 5.26 Å². The Balaban J connectivity index is 0. The number of hydrogen-bond donors (Lipinski definition) is 1. The summed E-state index contributed by atoms with van der Waals surface area (Å²) in [6.07, 6.45) is 3.73. The van der Waals surface area contributed by atoms with E-state index in [2.05, 4.69) is 13.5 Å². The van der Waals surface area contributed by atoms with Gasteiger partial charge >= 0.3 is 5.97 Å². The molecule has 0 aromatic carbocycles. The number of hydrogen-bond acceptors (Lipinski definition) is 2. The molecule has 0 aliphatic heterocycles. The molecule has 0 amide bonds. The molecule has 0 rings (SSSR count). The number of nitriles is 1. The molecule has 4 heteroatoms. The monoisotopic (exact) mass is 203 g/mol. The molecule has 0 aromatic rings. The van der Waals surface area contributed by atoms with Gasteiger partial charge in [0.2, 0.25) is 0 Å². The van der Waals surface area contributed by atoms with Crippen molar-refractivity contribution in [3.05, 3.63) is 12.2 Å². The summed E-state index contributed by atoms with van der Waals surface area (Å²) in [4.78, 5) is 9.61. The Bertz CT molecular complexity index is 192. The van der Waals surface area contributed by atoms with E-state index in [-0.39, 0.29) is 0 Å². The minimum Gasteiger partial charge on any atom is -0.477 e. The molecule has 0 aromatic heterocycles. The molecule has 0 unspecified atom stereocenters. The molecule has 0 aliphatic carbocycles. The van der Waals surface area contributed by atoms with Crippen LogP contribution < -0.4 is 0 Å². The Morgan fingerprint density at radius 2 is 2.15 bits per heavy atom. The summed E-state index contributed by atoms with van der Waals surface area (Å²) in [5.74, 6) is -0.434. The van der Waals surface area contributed by atoms with E-state index >= 15 is 0 Å². The van der Waals surface area contributed by atoms with Crippen molar-refractivity contribution in [3.63, 3.8) is 0 Å². The minimum absolute atomic E-state index is 0.431. The second-order valence-electron chi connectivity index (χ2n) is 2.29. The van der Waals surface area contributed by atoms with E-state index in [4.69, 9.17) is 22.0 Å². The molecule has 0 heterocycles. The van der Waals surface area contributed by atoms with Crippen molar-refractivity contribution in [1.82, 2.24) is 0 Å². The fraction of sp³-hybridized carbons (Fsp3) is 0.556. The lowest BCUT2D eigenvalue weighted by molar-refractivity contribution is -0.132. The first-order chi connectivity index (χ1) is 6.09. The summed E-state index contributed by atoms with van der Waals surface area (Å²) in [5, 5.41) is 15.6. The SMILES string of the molecule is C=C(C#N)C(=O)O.CCCCCCl. The van der Waals surface area contributed by atoms with Gasteiger partial charge in [0.25, 0.3) is 0 Å². The van der Waals surface area contributed by atoms with Gasteiger partial charge in [-0.15, -0.1) is 11.6 Å². The predicted octanol–water partition coefficient (Wildman–Crippen LogP) is 2.57. The minimum atomic E-state index is -1.26. The summed E-state index contributed by atoms with van der Waals surface area (Å²) in [5.41, 5.74) is -0.431. The number of alkyl halides is 1. The smallest absolute Gasteiger partial charge is 0.345 e. The molecule has 74 valence electrons. The average Bonchev–Trinajstić information content (AvgIpc) is 2.14. The number of aliphatic carboxylic acids is 1. The van der Waals surface area contributed by atoms with E-state index in [1.807, 2.05) is 0 Å². The maximum Gasteiger partial charge on any atom is 0.345 e. The van der Waals surface area contributed by atoms with Crippen LogP contribution in [0, 0.1) is 11.3 Å². The van der Waals surface area contributed by atoms with Crippen LogP contribution >= 0.6 is 11.6 Å². The Kier molecular flexibility index (Phi) is 12.3. The van der Waals surface area contributed by atoms with Crippen molar-refractivity contribution in [2.24, 2.45) is 0 Å². The number of nitrogens with zero attached hydrogens (tertiary/aromatic N) is 1. The molecule has 0 aliphatic rings. The fourth-order valence-corrected chi connectivity index (χ4v) is 0.581. The number of rotatable bonds is 4. The van der Waals surface area contributed by atoms with Crippen LogP contribution in [-0.4, -0.2) is 17.0 Å². The summed E-state index contributed by atoms with van der Waals surface area (Å²) < 4.78 is 0. The first kappa shape index (κ1) is 14.5. The van der Waals surface area contributed by atoms with Crippen molar-refractivity contribution >= 4 is 17.6 Å². The lowest BCUT2D eigenvalue weighted by atomic mass is 10.3. The van der Waals surface area contributed by atoms with Crippen LogP contribution in [0.2, 0.25) is 0 Å². The van der Waals surface area contributed by atoms with Crippen molar-refractivity contribution in [1.29, 1.82) is 5.26 Å². The summed E-state index contributed by atoms with van der Waals surface area (Å²) >= 11 is 5.38. The van der Waals surface area contributed by atoms with Crippen LogP contribution in [0.15, 0.2) is 12.2 Å². The number of carbonyl (C=O) groups is 1. The number of unbranched alkanes of at least 4 members (excludes halogenated alkanes) is 2. The third-order valence-corrected chi connectivity index (χ3v) is 1.40. The quantitative estimate of drug-likeness (QED) is 0.331. The van der Waals surface area contributed by atoms with Gasteiger partial charge in [0, 0.05) is 5.88 Å². The van der Waals surface area contributed by atoms with Crippen LogP contribution in [-0.2, 0) is 4.79 Å². The van der Waals surface area contributed by atoms with Crippen molar-refractivity contribution in [3.8, 4) is 6.07 Å². The summed E-state index contributed by atoms with van der Waals surface area (Å²) in [6, 6.07) is 1.37. The van der Waals surface area contributed by atoms with Gasteiger partial charge in [0.15, 0.2) is 0 Å². The Morgan fingerprint density at radius 1 is 1.62 bits per heavy atom.